The zero-order chi connectivity index (χ0) is 13.7. The second-order valence-electron chi connectivity index (χ2n) is 4.98. The molecule has 0 aliphatic heterocycles. The van der Waals surface area contributed by atoms with E-state index in [-0.39, 0.29) is 11.3 Å². The lowest BCUT2D eigenvalue weighted by atomic mass is 9.98. The lowest BCUT2D eigenvalue weighted by molar-refractivity contribution is -0.132. The molecule has 0 fully saturated rings. The highest BCUT2D eigenvalue weighted by molar-refractivity contribution is 5.86. The number of aromatic hydroxyl groups is 1. The fourth-order valence-electron chi connectivity index (χ4n) is 1.72. The monoisotopic (exact) mass is 248 g/mol. The Morgan fingerprint density at radius 3 is 2.61 bits per heavy atom. The summed E-state index contributed by atoms with van der Waals surface area (Å²) >= 11 is 0. The van der Waals surface area contributed by atoms with Crippen molar-refractivity contribution in [1.82, 2.24) is 0 Å². The summed E-state index contributed by atoms with van der Waals surface area (Å²) < 4.78 is 0. The molecule has 3 nitrogen and oxygen atoms in total. The highest BCUT2D eigenvalue weighted by atomic mass is 16.4. The number of benzene rings is 1. The quantitative estimate of drug-likeness (QED) is 0.760. The van der Waals surface area contributed by atoms with Crippen molar-refractivity contribution in [2.45, 2.75) is 33.1 Å². The van der Waals surface area contributed by atoms with Gasteiger partial charge in [0, 0.05) is 12.0 Å². The molecule has 3 heteroatoms. The van der Waals surface area contributed by atoms with E-state index in [9.17, 15) is 9.90 Å². The van der Waals surface area contributed by atoms with Gasteiger partial charge in [-0.05, 0) is 36.0 Å². The Kier molecular flexibility index (Phi) is 4.95. The zero-order valence-corrected chi connectivity index (χ0v) is 10.9. The van der Waals surface area contributed by atoms with Crippen molar-refractivity contribution in [1.29, 1.82) is 0 Å². The molecular weight excluding hydrogens is 228 g/mol. The minimum absolute atomic E-state index is 0.162. The first-order valence-corrected chi connectivity index (χ1v) is 6.12. The molecule has 0 aliphatic carbocycles. The third kappa shape index (κ3) is 4.24. The maximum Gasteiger partial charge on any atom is 0.331 e. The summed E-state index contributed by atoms with van der Waals surface area (Å²) in [6.07, 6.45) is 2.11. The Balaban J connectivity index is 2.80. The molecule has 1 rings (SSSR count). The lowest BCUT2D eigenvalue weighted by Crippen LogP contribution is -2.02. The van der Waals surface area contributed by atoms with Crippen LogP contribution in [0.15, 0.2) is 30.4 Å². The summed E-state index contributed by atoms with van der Waals surface area (Å²) in [5.74, 6) is -0.130. The third-order valence-corrected chi connectivity index (χ3v) is 2.85. The molecule has 0 amide bonds. The number of phenolic OH excluding ortho intramolecular Hbond substituents is 1. The summed E-state index contributed by atoms with van der Waals surface area (Å²) in [5.41, 5.74) is 1.91. The highest BCUT2D eigenvalue weighted by Crippen LogP contribution is 2.22. The molecule has 0 saturated heterocycles. The van der Waals surface area contributed by atoms with E-state index in [0.717, 1.165) is 24.0 Å². The first kappa shape index (κ1) is 14.3. The van der Waals surface area contributed by atoms with Crippen LogP contribution in [0, 0.1) is 5.92 Å². The average Bonchev–Trinajstić information content (AvgIpc) is 2.29. The molecule has 0 aliphatic rings. The Morgan fingerprint density at radius 2 is 2.06 bits per heavy atom. The van der Waals surface area contributed by atoms with Gasteiger partial charge in [-0.1, -0.05) is 32.6 Å². The van der Waals surface area contributed by atoms with E-state index in [4.69, 9.17) is 5.11 Å². The molecule has 0 radical (unpaired) electrons. The number of carboxylic acids is 1. The van der Waals surface area contributed by atoms with E-state index in [1.54, 1.807) is 12.1 Å². The van der Waals surface area contributed by atoms with Gasteiger partial charge in [-0.25, -0.2) is 4.79 Å². The van der Waals surface area contributed by atoms with Crippen LogP contribution < -0.4 is 0 Å². The number of hydrogen-bond acceptors (Lipinski definition) is 2. The molecule has 18 heavy (non-hydrogen) atoms. The lowest BCUT2D eigenvalue weighted by Gasteiger charge is -2.09. The van der Waals surface area contributed by atoms with Crippen LogP contribution in [-0.4, -0.2) is 16.2 Å². The van der Waals surface area contributed by atoms with E-state index in [0.29, 0.717) is 12.3 Å². The Morgan fingerprint density at radius 1 is 1.39 bits per heavy atom. The van der Waals surface area contributed by atoms with Crippen molar-refractivity contribution in [3.8, 4) is 5.75 Å². The van der Waals surface area contributed by atoms with Gasteiger partial charge in [-0.3, -0.25) is 0 Å². The first-order valence-electron chi connectivity index (χ1n) is 6.12. The van der Waals surface area contributed by atoms with Crippen LogP contribution >= 0.6 is 0 Å². The van der Waals surface area contributed by atoms with Gasteiger partial charge in [-0.2, -0.15) is 0 Å². The van der Waals surface area contributed by atoms with Crippen LogP contribution in [0.1, 0.15) is 31.4 Å². The van der Waals surface area contributed by atoms with Crippen LogP contribution in [0.3, 0.4) is 0 Å². The summed E-state index contributed by atoms with van der Waals surface area (Å²) in [7, 11) is 0. The summed E-state index contributed by atoms with van der Waals surface area (Å²) in [6.45, 7) is 7.78. The summed E-state index contributed by atoms with van der Waals surface area (Å²) in [5, 5.41) is 18.5. The molecule has 0 unspecified atom stereocenters. The van der Waals surface area contributed by atoms with Crippen LogP contribution in [-0.2, 0) is 17.6 Å². The Labute approximate surface area is 108 Å². The van der Waals surface area contributed by atoms with Gasteiger partial charge < -0.3 is 10.2 Å². The number of phenols is 1. The van der Waals surface area contributed by atoms with Crippen molar-refractivity contribution in [2.75, 3.05) is 0 Å². The molecule has 1 aromatic rings. The molecule has 0 aromatic heterocycles. The minimum atomic E-state index is -0.980. The fraction of sp³-hybridized carbons (Fsp3) is 0.400. The number of aliphatic carboxylic acids is 1. The van der Waals surface area contributed by atoms with E-state index >= 15 is 0 Å². The topological polar surface area (TPSA) is 57.5 Å². The van der Waals surface area contributed by atoms with Crippen molar-refractivity contribution < 1.29 is 15.0 Å². The summed E-state index contributed by atoms with van der Waals surface area (Å²) in [6, 6.07) is 5.23. The van der Waals surface area contributed by atoms with Crippen LogP contribution in [0.5, 0.6) is 5.75 Å². The molecule has 0 atom stereocenters. The van der Waals surface area contributed by atoms with E-state index in [2.05, 4.69) is 20.4 Å². The minimum Gasteiger partial charge on any atom is -0.508 e. The van der Waals surface area contributed by atoms with Gasteiger partial charge in [0.25, 0.3) is 0 Å². The summed E-state index contributed by atoms with van der Waals surface area (Å²) in [4.78, 5) is 10.7. The van der Waals surface area contributed by atoms with Crippen LogP contribution in [0.25, 0.3) is 0 Å². The van der Waals surface area contributed by atoms with Gasteiger partial charge >= 0.3 is 5.97 Å². The van der Waals surface area contributed by atoms with E-state index < -0.39 is 5.97 Å². The Hall–Kier alpha value is -1.77. The molecule has 1 aromatic carbocycles. The van der Waals surface area contributed by atoms with Crippen LogP contribution in [0.2, 0.25) is 0 Å². The molecule has 0 spiro atoms. The average molecular weight is 248 g/mol. The number of carboxylic acid groups (broad SMARTS) is 1. The predicted octanol–water partition coefficient (Wildman–Crippen LogP) is 3.16. The molecular formula is C15H20O3. The van der Waals surface area contributed by atoms with Gasteiger partial charge in [0.05, 0.1) is 0 Å². The van der Waals surface area contributed by atoms with E-state index in [1.807, 2.05) is 6.07 Å². The smallest absolute Gasteiger partial charge is 0.331 e. The van der Waals surface area contributed by atoms with Crippen molar-refractivity contribution in [3.05, 3.63) is 41.5 Å². The highest BCUT2D eigenvalue weighted by Gasteiger charge is 2.08. The van der Waals surface area contributed by atoms with E-state index in [1.165, 1.54) is 0 Å². The maximum atomic E-state index is 10.7. The largest absolute Gasteiger partial charge is 0.508 e. The van der Waals surface area contributed by atoms with Crippen molar-refractivity contribution >= 4 is 5.97 Å². The SMILES string of the molecule is C=C(Cc1ccc(O)c(CCC(C)C)c1)C(=O)O. The van der Waals surface area contributed by atoms with Crippen molar-refractivity contribution in [3.63, 3.8) is 0 Å². The normalized spacial score (nSPS) is 10.6. The van der Waals surface area contributed by atoms with Gasteiger partial charge in [0.1, 0.15) is 5.75 Å². The van der Waals surface area contributed by atoms with Gasteiger partial charge in [-0.15, -0.1) is 0 Å². The number of aryl methyl sites for hydroxylation is 1. The molecule has 0 saturated carbocycles. The Bertz CT molecular complexity index is 447. The number of rotatable bonds is 6. The van der Waals surface area contributed by atoms with Crippen LogP contribution in [0.4, 0.5) is 0 Å². The standard InChI is InChI=1S/C15H20O3/c1-10(2)4-6-13-9-12(5-7-14(13)16)8-11(3)15(17)18/h5,7,9-10,16H,3-4,6,8H2,1-2H3,(H,17,18). The molecule has 0 bridgehead atoms. The second-order valence-corrected chi connectivity index (χ2v) is 4.98. The van der Waals surface area contributed by atoms with Crippen molar-refractivity contribution in [2.24, 2.45) is 5.92 Å². The molecule has 0 heterocycles. The predicted molar refractivity (Wildman–Crippen MR) is 71.7 cm³/mol. The molecule has 2 N–H and O–H groups in total. The van der Waals surface area contributed by atoms with Gasteiger partial charge in [0.15, 0.2) is 0 Å². The molecule has 98 valence electrons. The first-order chi connectivity index (χ1) is 8.40. The number of hydrogen-bond donors (Lipinski definition) is 2. The fourth-order valence-corrected chi connectivity index (χ4v) is 1.72. The third-order valence-electron chi connectivity index (χ3n) is 2.85. The number of carbonyl (C=O) groups is 1. The maximum absolute atomic E-state index is 10.7. The second kappa shape index (κ2) is 6.24. The zero-order valence-electron chi connectivity index (χ0n) is 10.9. The van der Waals surface area contributed by atoms with Gasteiger partial charge in [0.2, 0.25) is 0 Å².